The molecule has 0 spiro atoms. The highest BCUT2D eigenvalue weighted by molar-refractivity contribution is 5.96. The van der Waals surface area contributed by atoms with Crippen LogP contribution >= 0.6 is 0 Å². The maximum absolute atomic E-state index is 13.8. The lowest BCUT2D eigenvalue weighted by Gasteiger charge is -2.04. The highest BCUT2D eigenvalue weighted by Crippen LogP contribution is 2.29. The predicted octanol–water partition coefficient (Wildman–Crippen LogP) is 3.33. The van der Waals surface area contributed by atoms with Gasteiger partial charge in [0.1, 0.15) is 5.82 Å². The third-order valence-corrected chi connectivity index (χ3v) is 3.02. The van der Waals surface area contributed by atoms with Gasteiger partial charge >= 0.3 is 0 Å². The lowest BCUT2D eigenvalue weighted by Crippen LogP contribution is -2.06. The molecule has 0 saturated heterocycles. The van der Waals surface area contributed by atoms with E-state index in [4.69, 9.17) is 0 Å². The van der Waals surface area contributed by atoms with Gasteiger partial charge < -0.3 is 4.98 Å². The number of hydrogen-bond donors (Lipinski definition) is 2. The first-order valence-corrected chi connectivity index (χ1v) is 6.16. The number of fused-ring (bicyclic) bond motifs is 1. The average molecular weight is 269 g/mol. The van der Waals surface area contributed by atoms with Gasteiger partial charge in [0.05, 0.1) is 5.69 Å². The SMILES string of the molecule is CC(=O)Nc1nc(-c2ccc(F)c3ccccc23)c[nH]1. The molecule has 1 heterocycles. The summed E-state index contributed by atoms with van der Waals surface area (Å²) < 4.78 is 13.8. The number of carbonyl (C=O) groups is 1. The minimum Gasteiger partial charge on any atom is -0.330 e. The number of amides is 1. The smallest absolute Gasteiger partial charge is 0.223 e. The van der Waals surface area contributed by atoms with Gasteiger partial charge in [0, 0.05) is 24.1 Å². The fourth-order valence-corrected chi connectivity index (χ4v) is 2.18. The van der Waals surface area contributed by atoms with E-state index in [1.807, 2.05) is 12.1 Å². The Kier molecular flexibility index (Phi) is 2.95. The Hall–Kier alpha value is -2.69. The molecule has 0 saturated carbocycles. The quantitative estimate of drug-likeness (QED) is 0.749. The molecule has 0 aliphatic rings. The van der Waals surface area contributed by atoms with Crippen LogP contribution in [0.5, 0.6) is 0 Å². The summed E-state index contributed by atoms with van der Waals surface area (Å²) in [5.74, 6) is -0.0854. The van der Waals surface area contributed by atoms with Crippen LogP contribution in [0.1, 0.15) is 6.92 Å². The summed E-state index contributed by atoms with van der Waals surface area (Å²) in [4.78, 5) is 18.2. The zero-order valence-electron chi connectivity index (χ0n) is 10.8. The standard InChI is InChI=1S/C15H12FN3O/c1-9(20)18-15-17-8-14(19-15)12-6-7-13(16)11-5-3-2-4-10(11)12/h2-8H,1H3,(H2,17,18,19,20). The number of aromatic nitrogens is 2. The lowest BCUT2D eigenvalue weighted by molar-refractivity contribution is -0.114. The number of nitrogens with one attached hydrogen (secondary N) is 2. The number of carbonyl (C=O) groups excluding carboxylic acids is 1. The summed E-state index contributed by atoms with van der Waals surface area (Å²) in [5, 5.41) is 3.91. The number of halogens is 1. The maximum atomic E-state index is 13.8. The van der Waals surface area contributed by atoms with E-state index in [-0.39, 0.29) is 11.7 Å². The molecule has 0 atom stereocenters. The van der Waals surface area contributed by atoms with Crippen molar-refractivity contribution in [3.05, 3.63) is 48.4 Å². The molecule has 2 aromatic carbocycles. The summed E-state index contributed by atoms with van der Waals surface area (Å²) >= 11 is 0. The molecule has 0 bridgehead atoms. The van der Waals surface area contributed by atoms with Gasteiger partial charge in [-0.05, 0) is 17.5 Å². The molecular formula is C15H12FN3O. The van der Waals surface area contributed by atoms with Gasteiger partial charge in [0.2, 0.25) is 11.9 Å². The first-order chi connectivity index (χ1) is 9.65. The number of anilines is 1. The molecule has 1 aromatic heterocycles. The number of benzene rings is 2. The monoisotopic (exact) mass is 269 g/mol. The number of rotatable bonds is 2. The zero-order valence-corrected chi connectivity index (χ0v) is 10.8. The fraction of sp³-hybridized carbons (Fsp3) is 0.0667. The molecule has 20 heavy (non-hydrogen) atoms. The predicted molar refractivity (Wildman–Crippen MR) is 75.8 cm³/mol. The topological polar surface area (TPSA) is 57.8 Å². The van der Waals surface area contributed by atoms with Crippen molar-refractivity contribution in [3.63, 3.8) is 0 Å². The van der Waals surface area contributed by atoms with Crippen LogP contribution < -0.4 is 5.32 Å². The molecule has 1 amide bonds. The van der Waals surface area contributed by atoms with Crippen LogP contribution in [0.2, 0.25) is 0 Å². The molecule has 100 valence electrons. The van der Waals surface area contributed by atoms with E-state index in [1.54, 1.807) is 24.4 Å². The van der Waals surface area contributed by atoms with Crippen LogP contribution in [0.4, 0.5) is 10.3 Å². The molecular weight excluding hydrogens is 257 g/mol. The Morgan fingerprint density at radius 2 is 1.95 bits per heavy atom. The first-order valence-electron chi connectivity index (χ1n) is 6.16. The third-order valence-electron chi connectivity index (χ3n) is 3.02. The lowest BCUT2D eigenvalue weighted by atomic mass is 10.0. The Morgan fingerprint density at radius 1 is 1.20 bits per heavy atom. The normalized spacial score (nSPS) is 10.7. The number of nitrogens with zero attached hydrogens (tertiary/aromatic N) is 1. The molecule has 4 nitrogen and oxygen atoms in total. The van der Waals surface area contributed by atoms with Gasteiger partial charge in [-0.3, -0.25) is 10.1 Å². The van der Waals surface area contributed by atoms with Crippen molar-refractivity contribution in [2.75, 3.05) is 5.32 Å². The number of imidazole rings is 1. The minimum atomic E-state index is -0.262. The number of H-pyrrole nitrogens is 1. The number of hydrogen-bond acceptors (Lipinski definition) is 2. The molecule has 0 unspecified atom stereocenters. The molecule has 3 rings (SSSR count). The van der Waals surface area contributed by atoms with Crippen molar-refractivity contribution in [1.82, 2.24) is 9.97 Å². The Labute approximate surface area is 114 Å². The van der Waals surface area contributed by atoms with E-state index in [9.17, 15) is 9.18 Å². The Balaban J connectivity index is 2.13. The molecule has 0 radical (unpaired) electrons. The zero-order chi connectivity index (χ0) is 14.1. The van der Waals surface area contributed by atoms with Gasteiger partial charge in [0.25, 0.3) is 0 Å². The molecule has 2 N–H and O–H groups in total. The van der Waals surface area contributed by atoms with Crippen molar-refractivity contribution in [2.45, 2.75) is 6.92 Å². The van der Waals surface area contributed by atoms with Gasteiger partial charge in [-0.1, -0.05) is 24.3 Å². The van der Waals surface area contributed by atoms with Crippen molar-refractivity contribution in [1.29, 1.82) is 0 Å². The summed E-state index contributed by atoms with van der Waals surface area (Å²) in [7, 11) is 0. The first kappa shape index (κ1) is 12.3. The Bertz CT molecular complexity index is 795. The van der Waals surface area contributed by atoms with Crippen molar-refractivity contribution in [3.8, 4) is 11.3 Å². The molecule has 0 aliphatic heterocycles. The van der Waals surface area contributed by atoms with E-state index in [0.717, 1.165) is 10.9 Å². The summed E-state index contributed by atoms with van der Waals surface area (Å²) in [5.41, 5.74) is 1.47. The fourth-order valence-electron chi connectivity index (χ4n) is 2.18. The van der Waals surface area contributed by atoms with E-state index in [1.165, 1.54) is 13.0 Å². The van der Waals surface area contributed by atoms with E-state index in [2.05, 4.69) is 15.3 Å². The van der Waals surface area contributed by atoms with Crippen LogP contribution in [0.25, 0.3) is 22.0 Å². The van der Waals surface area contributed by atoms with Crippen molar-refractivity contribution >= 4 is 22.6 Å². The maximum Gasteiger partial charge on any atom is 0.223 e. The van der Waals surface area contributed by atoms with Crippen molar-refractivity contribution in [2.24, 2.45) is 0 Å². The van der Waals surface area contributed by atoms with Crippen LogP contribution in [-0.4, -0.2) is 15.9 Å². The average Bonchev–Trinajstić information content (AvgIpc) is 2.87. The number of aromatic amines is 1. The highest BCUT2D eigenvalue weighted by atomic mass is 19.1. The second kappa shape index (κ2) is 4.77. The van der Waals surface area contributed by atoms with Gasteiger partial charge in [-0.15, -0.1) is 0 Å². The van der Waals surface area contributed by atoms with Gasteiger partial charge in [0.15, 0.2) is 0 Å². The Morgan fingerprint density at radius 3 is 2.70 bits per heavy atom. The molecule has 0 aliphatic carbocycles. The molecule has 0 fully saturated rings. The largest absolute Gasteiger partial charge is 0.330 e. The second-order valence-electron chi connectivity index (χ2n) is 4.46. The third kappa shape index (κ3) is 2.14. The van der Waals surface area contributed by atoms with E-state index >= 15 is 0 Å². The molecule has 5 heteroatoms. The highest BCUT2D eigenvalue weighted by Gasteiger charge is 2.10. The minimum absolute atomic E-state index is 0.199. The van der Waals surface area contributed by atoms with Gasteiger partial charge in [-0.2, -0.15) is 0 Å². The summed E-state index contributed by atoms with van der Waals surface area (Å²) in [6.07, 6.45) is 1.69. The van der Waals surface area contributed by atoms with Crippen molar-refractivity contribution < 1.29 is 9.18 Å². The van der Waals surface area contributed by atoms with Crippen LogP contribution in [0.15, 0.2) is 42.6 Å². The van der Waals surface area contributed by atoms with Crippen LogP contribution in [0, 0.1) is 5.82 Å². The second-order valence-corrected chi connectivity index (χ2v) is 4.46. The summed E-state index contributed by atoms with van der Waals surface area (Å²) in [6.45, 7) is 1.41. The van der Waals surface area contributed by atoms with Crippen LogP contribution in [0.3, 0.4) is 0 Å². The van der Waals surface area contributed by atoms with E-state index in [0.29, 0.717) is 17.0 Å². The van der Waals surface area contributed by atoms with Gasteiger partial charge in [-0.25, -0.2) is 9.37 Å². The van der Waals surface area contributed by atoms with E-state index < -0.39 is 0 Å². The molecule has 3 aromatic rings. The summed E-state index contributed by atoms with van der Waals surface area (Å²) in [6, 6.07) is 10.3. The van der Waals surface area contributed by atoms with Crippen LogP contribution in [-0.2, 0) is 4.79 Å².